The fourth-order valence-corrected chi connectivity index (χ4v) is 4.68. The number of fused-ring (bicyclic) bond motifs is 1. The molecule has 10 heteroatoms. The molecule has 1 aromatic heterocycles. The number of hydrazine groups is 1. The van der Waals surface area contributed by atoms with E-state index in [4.69, 9.17) is 22.4 Å². The van der Waals surface area contributed by atoms with Crippen LogP contribution in [0.5, 0.6) is 0 Å². The number of nitrogens with one attached hydrogen (secondary N) is 1. The van der Waals surface area contributed by atoms with Crippen molar-refractivity contribution in [2.45, 2.75) is 33.7 Å². The molecule has 154 valence electrons. The van der Waals surface area contributed by atoms with Gasteiger partial charge in [0.05, 0.1) is 22.1 Å². The van der Waals surface area contributed by atoms with Crippen molar-refractivity contribution in [3.8, 4) is 0 Å². The summed E-state index contributed by atoms with van der Waals surface area (Å²) in [5, 5.41) is 10.2. The van der Waals surface area contributed by atoms with Gasteiger partial charge in [-0.1, -0.05) is 46.4 Å². The summed E-state index contributed by atoms with van der Waals surface area (Å²) in [4.78, 5) is 8.39. The van der Waals surface area contributed by atoms with Gasteiger partial charge in [-0.25, -0.2) is 5.84 Å². The van der Waals surface area contributed by atoms with E-state index in [1.54, 1.807) is 11.8 Å². The Morgan fingerprint density at radius 1 is 1.34 bits per heavy atom. The number of aromatic nitrogens is 3. The second-order valence-corrected chi connectivity index (χ2v) is 9.43. The lowest BCUT2D eigenvalue weighted by atomic mass is 10.0. The molecule has 0 saturated carbocycles. The Kier molecular flexibility index (Phi) is 7.20. The Morgan fingerprint density at radius 3 is 2.66 bits per heavy atom. The predicted molar refractivity (Wildman–Crippen MR) is 122 cm³/mol. The normalized spacial score (nSPS) is 18.4. The summed E-state index contributed by atoms with van der Waals surface area (Å²) < 4.78 is 14.2. The molecule has 2 aromatic rings. The summed E-state index contributed by atoms with van der Waals surface area (Å²) in [6, 6.07) is 7.06. The van der Waals surface area contributed by atoms with Crippen LogP contribution in [0.1, 0.15) is 44.0 Å². The number of rotatable bonds is 6. The largest absolute Gasteiger partial charge is 0.597 e. The molecule has 0 bridgehead atoms. The van der Waals surface area contributed by atoms with Gasteiger partial charge in [0.2, 0.25) is 0 Å². The van der Waals surface area contributed by atoms with E-state index in [0.717, 1.165) is 32.6 Å². The maximum atomic E-state index is 12.2. The Morgan fingerprint density at radius 2 is 2.03 bits per heavy atom. The number of nitrogens with zero attached hydrogens (tertiary/aromatic N) is 4. The number of hydrogen-bond donors (Lipinski definition) is 2. The molecule has 1 aliphatic rings. The van der Waals surface area contributed by atoms with E-state index in [0.29, 0.717) is 10.8 Å². The minimum Gasteiger partial charge on any atom is -0.597 e. The molecule has 1 aliphatic heterocycles. The Labute approximate surface area is 182 Å². The lowest BCUT2D eigenvalue weighted by Gasteiger charge is -2.16. The van der Waals surface area contributed by atoms with E-state index in [1.807, 2.05) is 49.6 Å². The molecule has 0 amide bonds. The predicted octanol–water partition coefficient (Wildman–Crippen LogP) is 3.76. The van der Waals surface area contributed by atoms with E-state index in [1.165, 1.54) is 0 Å². The summed E-state index contributed by atoms with van der Waals surface area (Å²) in [5.74, 6) is 6.94. The molecule has 0 radical (unpaired) electrons. The van der Waals surface area contributed by atoms with Crippen LogP contribution in [0.3, 0.4) is 0 Å². The van der Waals surface area contributed by atoms with Gasteiger partial charge in [0.1, 0.15) is 5.82 Å². The first kappa shape index (κ1) is 22.1. The highest BCUT2D eigenvalue weighted by Crippen LogP contribution is 2.39. The number of nitrogens with two attached hydrogens (primary N) is 1. The second-order valence-electron chi connectivity index (χ2n) is 6.50. The smallest absolute Gasteiger partial charge is 0.167 e. The first-order valence-corrected chi connectivity index (χ1v) is 11.5. The average Bonchev–Trinajstić information content (AvgIpc) is 3.05. The van der Waals surface area contributed by atoms with Crippen LogP contribution >= 0.6 is 23.4 Å². The number of hydrogen-bond acceptors (Lipinski definition) is 7. The van der Waals surface area contributed by atoms with Crippen LogP contribution in [0.15, 0.2) is 45.8 Å². The maximum Gasteiger partial charge on any atom is 0.167 e. The Balaban J connectivity index is 2.23. The highest BCUT2D eigenvalue weighted by molar-refractivity contribution is 8.11. The summed E-state index contributed by atoms with van der Waals surface area (Å²) in [7, 11) is 0. The van der Waals surface area contributed by atoms with Crippen molar-refractivity contribution in [3.05, 3.63) is 63.1 Å². The molecule has 2 heterocycles. The summed E-state index contributed by atoms with van der Waals surface area (Å²) >= 11 is 6.25. The zero-order chi connectivity index (χ0) is 21.1. The van der Waals surface area contributed by atoms with Gasteiger partial charge in [0.15, 0.2) is 17.6 Å². The van der Waals surface area contributed by atoms with Crippen LogP contribution < -0.4 is 10.7 Å². The van der Waals surface area contributed by atoms with Gasteiger partial charge in [-0.15, -0.1) is 10.2 Å². The molecule has 2 atom stereocenters. The molecule has 0 saturated heterocycles. The number of benzene rings is 1. The molecule has 0 fully saturated rings. The van der Waals surface area contributed by atoms with Gasteiger partial charge in [-0.3, -0.25) is 9.56 Å². The van der Waals surface area contributed by atoms with Gasteiger partial charge in [-0.2, -0.15) is 0 Å². The molecule has 1 unspecified atom stereocenters. The minimum absolute atomic E-state index is 0.180. The fraction of sp³-hybridized carbons (Fsp3) is 0.316. The molecular formula is C19H23ClN6OS2. The van der Waals surface area contributed by atoms with Crippen molar-refractivity contribution in [2.24, 2.45) is 10.8 Å². The quantitative estimate of drug-likeness (QED) is 0.394. The minimum atomic E-state index is -1.46. The third-order valence-corrected chi connectivity index (χ3v) is 6.91. The first-order chi connectivity index (χ1) is 13.8. The number of thioether (sulfide) groups is 1. The third kappa shape index (κ3) is 4.76. The standard InChI is InChI=1S/C19H23ClN6OS2/c1-5-11(2)28-19-12(3)17(14-6-8-15(20)9-7-14)22-16(10-29(27)25-21)18-24-23-13(4)26(18)19/h5-9,16,25H,10,21H2,1-4H3/b11-5+/t16-,29?/m0/s1. The molecule has 3 N–H and O–H groups in total. The lowest BCUT2D eigenvalue weighted by Crippen LogP contribution is -2.34. The van der Waals surface area contributed by atoms with Gasteiger partial charge in [-0.05, 0) is 44.7 Å². The van der Waals surface area contributed by atoms with Crippen LogP contribution in [0.2, 0.25) is 5.02 Å². The molecule has 1 aromatic carbocycles. The number of aryl methyl sites for hydroxylation is 1. The van der Waals surface area contributed by atoms with Crippen molar-refractivity contribution in [2.75, 3.05) is 5.75 Å². The highest BCUT2D eigenvalue weighted by Gasteiger charge is 2.31. The summed E-state index contributed by atoms with van der Waals surface area (Å²) in [6.45, 7) is 7.99. The molecule has 3 rings (SSSR count). The first-order valence-electron chi connectivity index (χ1n) is 8.98. The molecule has 0 aliphatic carbocycles. The van der Waals surface area contributed by atoms with Crippen LogP contribution in [0.4, 0.5) is 0 Å². The topological polar surface area (TPSA) is 104 Å². The second kappa shape index (κ2) is 9.46. The van der Waals surface area contributed by atoms with Crippen molar-refractivity contribution < 1.29 is 4.55 Å². The average molecular weight is 451 g/mol. The van der Waals surface area contributed by atoms with Gasteiger partial charge >= 0.3 is 0 Å². The number of allylic oxidation sites excluding steroid dienone is 3. The van der Waals surface area contributed by atoms with Crippen molar-refractivity contribution in [1.29, 1.82) is 0 Å². The fourth-order valence-electron chi connectivity index (χ4n) is 2.96. The molecule has 29 heavy (non-hydrogen) atoms. The van der Waals surface area contributed by atoms with Gasteiger partial charge < -0.3 is 4.55 Å². The zero-order valence-corrected chi connectivity index (χ0v) is 19.0. The van der Waals surface area contributed by atoms with Gasteiger partial charge in [0, 0.05) is 16.2 Å². The summed E-state index contributed by atoms with van der Waals surface area (Å²) in [5.41, 5.74) is 2.71. The molecular weight excluding hydrogens is 428 g/mol. The van der Waals surface area contributed by atoms with Crippen molar-refractivity contribution in [3.63, 3.8) is 0 Å². The SMILES string of the molecule is C/C=C(\C)SC1=C(C)C(c2ccc(Cl)cc2)=N[C@@H](C[S+]([O-])NN)c2nnc(C)n21. The Hall–Kier alpha value is -1.62. The van der Waals surface area contributed by atoms with Crippen molar-refractivity contribution in [1.82, 2.24) is 19.6 Å². The lowest BCUT2D eigenvalue weighted by molar-refractivity contribution is 0.572. The monoisotopic (exact) mass is 450 g/mol. The van der Waals surface area contributed by atoms with E-state index in [-0.39, 0.29) is 5.75 Å². The molecule has 0 spiro atoms. The third-order valence-electron chi connectivity index (χ3n) is 4.53. The maximum absolute atomic E-state index is 12.2. The van der Waals surface area contributed by atoms with E-state index < -0.39 is 17.4 Å². The zero-order valence-electron chi connectivity index (χ0n) is 16.6. The van der Waals surface area contributed by atoms with E-state index >= 15 is 0 Å². The van der Waals surface area contributed by atoms with Crippen LogP contribution in [0, 0.1) is 6.92 Å². The van der Waals surface area contributed by atoms with Crippen LogP contribution in [-0.4, -0.2) is 30.8 Å². The van der Waals surface area contributed by atoms with Crippen molar-refractivity contribution >= 4 is 45.5 Å². The number of aliphatic imine (C=N–C) groups is 1. The van der Waals surface area contributed by atoms with Crippen LogP contribution in [0.25, 0.3) is 5.03 Å². The number of halogens is 1. The molecule has 7 nitrogen and oxygen atoms in total. The van der Waals surface area contributed by atoms with E-state index in [9.17, 15) is 4.55 Å². The van der Waals surface area contributed by atoms with Gasteiger partial charge in [0.25, 0.3) is 0 Å². The van der Waals surface area contributed by atoms with E-state index in [2.05, 4.69) is 28.0 Å². The summed E-state index contributed by atoms with van der Waals surface area (Å²) in [6.07, 6.45) is 2.05. The Bertz CT molecular complexity index is 983. The van der Waals surface area contributed by atoms with Crippen LogP contribution in [-0.2, 0) is 11.4 Å². The highest BCUT2D eigenvalue weighted by atomic mass is 35.5.